The van der Waals surface area contributed by atoms with Crippen LogP contribution in [0.2, 0.25) is 0 Å². The van der Waals surface area contributed by atoms with Gasteiger partial charge in [-0.15, -0.1) is 0 Å². The lowest BCUT2D eigenvalue weighted by molar-refractivity contribution is 1.13. The van der Waals surface area contributed by atoms with Gasteiger partial charge in [-0.25, -0.2) is 4.98 Å². The van der Waals surface area contributed by atoms with E-state index in [2.05, 4.69) is 71.1 Å². The molecule has 0 fully saturated rings. The number of nitrogens with zero attached hydrogens (tertiary/aromatic N) is 2. The highest BCUT2D eigenvalue weighted by atomic mass is 15.0. The van der Waals surface area contributed by atoms with E-state index in [4.69, 9.17) is 0 Å². The van der Waals surface area contributed by atoms with Crippen molar-refractivity contribution in [1.29, 1.82) is 0 Å². The zero-order chi connectivity index (χ0) is 13.5. The van der Waals surface area contributed by atoms with Crippen LogP contribution in [0.1, 0.15) is 5.56 Å². The molecule has 0 saturated carbocycles. The van der Waals surface area contributed by atoms with Crippen molar-refractivity contribution in [2.75, 3.05) is 0 Å². The molecule has 2 heteroatoms. The van der Waals surface area contributed by atoms with Gasteiger partial charge in [0.2, 0.25) is 0 Å². The predicted molar refractivity (Wildman–Crippen MR) is 83.3 cm³/mol. The number of hydrogen-bond donors (Lipinski definition) is 0. The molecule has 4 aromatic rings. The first-order valence-corrected chi connectivity index (χ1v) is 6.76. The SMILES string of the molecule is Cc1cnc2c(c1)c1ccccc1n2-c1ccccc1. The van der Waals surface area contributed by atoms with Crippen LogP contribution in [-0.2, 0) is 0 Å². The van der Waals surface area contributed by atoms with Gasteiger partial charge in [0, 0.05) is 22.7 Å². The van der Waals surface area contributed by atoms with Gasteiger partial charge in [-0.1, -0.05) is 36.4 Å². The third-order valence-corrected chi connectivity index (χ3v) is 3.66. The van der Waals surface area contributed by atoms with E-state index in [9.17, 15) is 0 Å². The van der Waals surface area contributed by atoms with Gasteiger partial charge in [0.15, 0.2) is 0 Å². The molecule has 0 saturated heterocycles. The Bertz CT molecular complexity index is 905. The Morgan fingerprint density at radius 2 is 1.60 bits per heavy atom. The first-order valence-electron chi connectivity index (χ1n) is 6.76. The van der Waals surface area contributed by atoms with E-state index in [-0.39, 0.29) is 0 Å². The molecule has 0 aliphatic heterocycles. The molecule has 0 amide bonds. The number of pyridine rings is 1. The van der Waals surface area contributed by atoms with Crippen LogP contribution >= 0.6 is 0 Å². The van der Waals surface area contributed by atoms with E-state index in [1.165, 1.54) is 21.9 Å². The summed E-state index contributed by atoms with van der Waals surface area (Å²) in [7, 11) is 0. The lowest BCUT2D eigenvalue weighted by Crippen LogP contribution is -1.94. The Hall–Kier alpha value is -2.61. The fraction of sp³-hybridized carbons (Fsp3) is 0.0556. The van der Waals surface area contributed by atoms with Crippen LogP contribution in [0, 0.1) is 6.92 Å². The monoisotopic (exact) mass is 258 g/mol. The standard InChI is InChI=1S/C18H14N2/c1-13-11-16-15-9-5-6-10-17(15)20(18(16)19-12-13)14-7-3-2-4-8-14/h2-12H,1H3. The molecular formula is C18H14N2. The maximum Gasteiger partial charge on any atom is 0.145 e. The Morgan fingerprint density at radius 3 is 2.45 bits per heavy atom. The fourth-order valence-electron chi connectivity index (χ4n) is 2.79. The van der Waals surface area contributed by atoms with Crippen LogP contribution in [0.25, 0.3) is 27.6 Å². The van der Waals surface area contributed by atoms with Gasteiger partial charge in [-0.05, 0) is 36.8 Å². The molecule has 0 aliphatic rings. The average molecular weight is 258 g/mol. The number of hydrogen-bond acceptors (Lipinski definition) is 1. The third kappa shape index (κ3) is 1.55. The van der Waals surface area contributed by atoms with Crippen molar-refractivity contribution < 1.29 is 0 Å². The second kappa shape index (κ2) is 4.20. The lowest BCUT2D eigenvalue weighted by atomic mass is 10.2. The normalized spacial score (nSPS) is 11.2. The van der Waals surface area contributed by atoms with E-state index in [1.54, 1.807) is 0 Å². The molecule has 0 bridgehead atoms. The number of rotatable bonds is 1. The van der Waals surface area contributed by atoms with Crippen molar-refractivity contribution in [2.24, 2.45) is 0 Å². The molecule has 4 rings (SSSR count). The zero-order valence-electron chi connectivity index (χ0n) is 11.2. The topological polar surface area (TPSA) is 17.8 Å². The van der Waals surface area contributed by atoms with Crippen molar-refractivity contribution in [3.63, 3.8) is 0 Å². The summed E-state index contributed by atoms with van der Waals surface area (Å²) >= 11 is 0. The van der Waals surface area contributed by atoms with E-state index in [1.807, 2.05) is 12.3 Å². The van der Waals surface area contributed by atoms with Crippen LogP contribution in [0.15, 0.2) is 66.9 Å². The largest absolute Gasteiger partial charge is 0.294 e. The van der Waals surface area contributed by atoms with Gasteiger partial charge in [-0.3, -0.25) is 4.57 Å². The Labute approximate surface area is 117 Å². The molecule has 2 aromatic heterocycles. The number of benzene rings is 2. The Morgan fingerprint density at radius 1 is 0.850 bits per heavy atom. The van der Waals surface area contributed by atoms with Crippen molar-refractivity contribution in [1.82, 2.24) is 9.55 Å². The second-order valence-corrected chi connectivity index (χ2v) is 5.07. The highest BCUT2D eigenvalue weighted by Crippen LogP contribution is 2.30. The van der Waals surface area contributed by atoms with Crippen molar-refractivity contribution in [3.05, 3.63) is 72.4 Å². The van der Waals surface area contributed by atoms with Crippen LogP contribution in [0.3, 0.4) is 0 Å². The highest BCUT2D eigenvalue weighted by Gasteiger charge is 2.12. The molecule has 20 heavy (non-hydrogen) atoms. The number of para-hydroxylation sites is 2. The predicted octanol–water partition coefficient (Wildman–Crippen LogP) is 4.49. The number of aryl methyl sites for hydroxylation is 1. The molecule has 2 heterocycles. The lowest BCUT2D eigenvalue weighted by Gasteiger charge is -2.06. The molecule has 0 spiro atoms. The molecule has 0 radical (unpaired) electrons. The minimum Gasteiger partial charge on any atom is -0.294 e. The molecule has 96 valence electrons. The van der Waals surface area contributed by atoms with Gasteiger partial charge >= 0.3 is 0 Å². The first kappa shape index (κ1) is 11.2. The summed E-state index contributed by atoms with van der Waals surface area (Å²) in [5, 5.41) is 2.46. The summed E-state index contributed by atoms with van der Waals surface area (Å²) in [4.78, 5) is 4.66. The fourth-order valence-corrected chi connectivity index (χ4v) is 2.79. The minimum atomic E-state index is 1.02. The number of fused-ring (bicyclic) bond motifs is 3. The molecule has 0 atom stereocenters. The molecule has 0 unspecified atom stereocenters. The second-order valence-electron chi connectivity index (χ2n) is 5.07. The van der Waals surface area contributed by atoms with Crippen LogP contribution in [0.4, 0.5) is 0 Å². The Balaban J connectivity index is 2.22. The van der Waals surface area contributed by atoms with E-state index in [0.717, 1.165) is 11.3 Å². The Kier molecular flexibility index (Phi) is 2.36. The zero-order valence-corrected chi connectivity index (χ0v) is 11.2. The van der Waals surface area contributed by atoms with Crippen LogP contribution < -0.4 is 0 Å². The van der Waals surface area contributed by atoms with Crippen molar-refractivity contribution in [2.45, 2.75) is 6.92 Å². The third-order valence-electron chi connectivity index (χ3n) is 3.66. The van der Waals surface area contributed by atoms with Crippen LogP contribution in [-0.4, -0.2) is 9.55 Å². The van der Waals surface area contributed by atoms with Gasteiger partial charge in [-0.2, -0.15) is 0 Å². The summed E-state index contributed by atoms with van der Waals surface area (Å²) in [6, 6.07) is 21.1. The highest BCUT2D eigenvalue weighted by molar-refractivity contribution is 6.07. The maximum atomic E-state index is 4.66. The summed E-state index contributed by atoms with van der Waals surface area (Å²) in [6.07, 6.45) is 1.93. The van der Waals surface area contributed by atoms with Gasteiger partial charge < -0.3 is 0 Å². The minimum absolute atomic E-state index is 1.02. The molecule has 0 aliphatic carbocycles. The molecule has 2 nitrogen and oxygen atoms in total. The average Bonchev–Trinajstić information content (AvgIpc) is 2.82. The maximum absolute atomic E-state index is 4.66. The van der Waals surface area contributed by atoms with Crippen molar-refractivity contribution in [3.8, 4) is 5.69 Å². The van der Waals surface area contributed by atoms with Gasteiger partial charge in [0.05, 0.1) is 5.52 Å². The van der Waals surface area contributed by atoms with E-state index >= 15 is 0 Å². The van der Waals surface area contributed by atoms with E-state index in [0.29, 0.717) is 0 Å². The summed E-state index contributed by atoms with van der Waals surface area (Å²) < 4.78 is 2.23. The van der Waals surface area contributed by atoms with Crippen LogP contribution in [0.5, 0.6) is 0 Å². The number of aromatic nitrogens is 2. The smallest absolute Gasteiger partial charge is 0.145 e. The molecule has 2 aromatic carbocycles. The quantitative estimate of drug-likeness (QED) is 0.492. The summed E-state index contributed by atoms with van der Waals surface area (Å²) in [5.41, 5.74) is 4.55. The van der Waals surface area contributed by atoms with Gasteiger partial charge in [0.25, 0.3) is 0 Å². The van der Waals surface area contributed by atoms with E-state index < -0.39 is 0 Å². The van der Waals surface area contributed by atoms with Gasteiger partial charge in [0.1, 0.15) is 5.65 Å². The molecule has 0 N–H and O–H groups in total. The summed E-state index contributed by atoms with van der Waals surface area (Å²) in [6.45, 7) is 2.08. The first-order chi connectivity index (χ1) is 9.84. The summed E-state index contributed by atoms with van der Waals surface area (Å²) in [5.74, 6) is 0. The van der Waals surface area contributed by atoms with Crippen molar-refractivity contribution >= 4 is 21.9 Å². The molecular weight excluding hydrogens is 244 g/mol.